The molecule has 0 amide bonds. The fourth-order valence-electron chi connectivity index (χ4n) is 2.24. The minimum atomic E-state index is 0. The zero-order valence-corrected chi connectivity index (χ0v) is 20.1. The van der Waals surface area contributed by atoms with Gasteiger partial charge in [0.15, 0.2) is 0 Å². The Morgan fingerprint density at radius 1 is 0.458 bits per heavy atom. The smallest absolute Gasteiger partial charge is 0.663 e. The molecule has 0 aliphatic rings. The Balaban J connectivity index is -0.000000128. The molecule has 150 valence electrons. The molecule has 24 heavy (non-hydrogen) atoms. The van der Waals surface area contributed by atoms with Crippen molar-refractivity contribution in [2.45, 2.75) is 119 Å². The van der Waals surface area contributed by atoms with E-state index in [9.17, 15) is 0 Å². The van der Waals surface area contributed by atoms with E-state index >= 15 is 0 Å². The molecule has 0 rings (SSSR count). The predicted octanol–water partition coefficient (Wildman–Crippen LogP) is 7.31. The normalized spacial score (nSPS) is 12.2. The first-order valence-corrected chi connectivity index (χ1v) is 8.94. The van der Waals surface area contributed by atoms with Crippen molar-refractivity contribution in [1.82, 2.24) is 0 Å². The van der Waals surface area contributed by atoms with E-state index in [0.29, 0.717) is 0 Å². The Kier molecular flexibility index (Phi) is 18.1. The van der Waals surface area contributed by atoms with Gasteiger partial charge in [-0.05, 0) is 0 Å². The Bertz CT molecular complexity index is 211. The third-order valence-electron chi connectivity index (χ3n) is 1.79. The topological polar surface area (TPSA) is 42.3 Å². The van der Waals surface area contributed by atoms with Crippen molar-refractivity contribution >= 4 is 0 Å². The molecular formula is C20H46CoN3. The van der Waals surface area contributed by atoms with Gasteiger partial charge in [0, 0.05) is 0 Å². The molecule has 0 N–H and O–H groups in total. The Hall–Kier alpha value is 0.386. The summed E-state index contributed by atoms with van der Waals surface area (Å²) in [7, 11) is 0. The van der Waals surface area contributed by atoms with Crippen LogP contribution in [0.25, 0.3) is 16.0 Å². The number of hydrogen-bond acceptors (Lipinski definition) is 0. The summed E-state index contributed by atoms with van der Waals surface area (Å²) in [6.07, 6.45) is 0. The Morgan fingerprint density at radius 2 is 0.625 bits per heavy atom. The van der Waals surface area contributed by atoms with Gasteiger partial charge in [0.25, 0.3) is 0 Å². The standard InChI is InChI=1S/2C8H18N.C4H10N.Co/c2*1-7(2,3)9-8(4,5)6;1-3-5-4-2;/h2*1-6H3;3-4H2,1-2H3;/q3*-1;+3. The van der Waals surface area contributed by atoms with Crippen LogP contribution in [0.3, 0.4) is 0 Å². The van der Waals surface area contributed by atoms with Gasteiger partial charge in [-0.25, -0.2) is 0 Å². The molecule has 0 spiro atoms. The fourth-order valence-corrected chi connectivity index (χ4v) is 2.24. The maximum Gasteiger partial charge on any atom is 3.00 e. The van der Waals surface area contributed by atoms with Crippen molar-refractivity contribution in [2.24, 2.45) is 0 Å². The van der Waals surface area contributed by atoms with Gasteiger partial charge in [-0.15, -0.1) is 22.2 Å². The molecule has 3 nitrogen and oxygen atoms in total. The number of nitrogens with zero attached hydrogens (tertiary/aromatic N) is 3. The Morgan fingerprint density at radius 3 is 0.625 bits per heavy atom. The first-order chi connectivity index (χ1) is 9.83. The van der Waals surface area contributed by atoms with Crippen LogP contribution in [0.5, 0.6) is 0 Å². The van der Waals surface area contributed by atoms with Gasteiger partial charge < -0.3 is 16.0 Å². The monoisotopic (exact) mass is 387 g/mol. The largest absolute Gasteiger partial charge is 3.00 e. The first kappa shape index (κ1) is 32.1. The van der Waals surface area contributed by atoms with Crippen molar-refractivity contribution in [3.05, 3.63) is 16.0 Å². The molecule has 0 heterocycles. The van der Waals surface area contributed by atoms with E-state index in [1.54, 1.807) is 0 Å². The van der Waals surface area contributed by atoms with E-state index in [4.69, 9.17) is 0 Å². The van der Waals surface area contributed by atoms with E-state index in [1.165, 1.54) is 0 Å². The Labute approximate surface area is 165 Å². The summed E-state index contributed by atoms with van der Waals surface area (Å²) in [5.41, 5.74) is 0.438. The van der Waals surface area contributed by atoms with Crippen LogP contribution in [0.15, 0.2) is 0 Å². The second-order valence-electron chi connectivity index (χ2n) is 9.76. The molecule has 0 aromatic rings. The summed E-state index contributed by atoms with van der Waals surface area (Å²) in [6, 6.07) is 0. The van der Waals surface area contributed by atoms with Crippen molar-refractivity contribution in [2.75, 3.05) is 13.1 Å². The van der Waals surface area contributed by atoms with Crippen LogP contribution in [0.4, 0.5) is 0 Å². The average molecular weight is 388 g/mol. The molecule has 0 saturated carbocycles. The van der Waals surface area contributed by atoms with Gasteiger partial charge in [0.2, 0.25) is 0 Å². The molecule has 0 saturated heterocycles. The average Bonchev–Trinajstić information content (AvgIpc) is 2.07. The first-order valence-electron chi connectivity index (χ1n) is 8.94. The van der Waals surface area contributed by atoms with Crippen LogP contribution in [0.1, 0.15) is 96.9 Å². The van der Waals surface area contributed by atoms with Crippen LogP contribution >= 0.6 is 0 Å². The van der Waals surface area contributed by atoms with Crippen LogP contribution in [-0.4, -0.2) is 35.2 Å². The van der Waals surface area contributed by atoms with Crippen LogP contribution < -0.4 is 0 Å². The SMILES string of the molecule is CC(C)(C)[N-]C(C)(C)C.CC(C)(C)[N-]C(C)(C)C.CC[N-]CC.[Co+3]. The quantitative estimate of drug-likeness (QED) is 0.477. The molecule has 0 radical (unpaired) electrons. The molecule has 0 unspecified atom stereocenters. The molecule has 4 heteroatoms. The summed E-state index contributed by atoms with van der Waals surface area (Å²) >= 11 is 0. The van der Waals surface area contributed by atoms with Crippen LogP contribution in [0.2, 0.25) is 0 Å². The molecule has 0 aromatic heterocycles. The molecule has 0 aromatic carbocycles. The van der Waals surface area contributed by atoms with Gasteiger partial charge in [-0.2, -0.15) is 13.1 Å². The summed E-state index contributed by atoms with van der Waals surface area (Å²) in [4.78, 5) is 0. The second-order valence-corrected chi connectivity index (χ2v) is 9.76. The molecule has 0 aliphatic carbocycles. The second kappa shape index (κ2) is 13.6. The molecule has 0 bridgehead atoms. The molecule has 0 fully saturated rings. The molecular weight excluding hydrogens is 341 g/mol. The maximum atomic E-state index is 4.54. The van der Waals surface area contributed by atoms with Crippen LogP contribution in [0, 0.1) is 0 Å². The maximum absolute atomic E-state index is 4.54. The summed E-state index contributed by atoms with van der Waals surface area (Å²) < 4.78 is 0. The van der Waals surface area contributed by atoms with E-state index in [0.717, 1.165) is 13.1 Å². The minimum absolute atomic E-state index is 0. The van der Waals surface area contributed by atoms with Crippen molar-refractivity contribution in [3.8, 4) is 0 Å². The third kappa shape index (κ3) is 49.5. The summed E-state index contributed by atoms with van der Waals surface area (Å²) in [5.74, 6) is 0. The molecule has 0 aliphatic heterocycles. The third-order valence-corrected chi connectivity index (χ3v) is 1.79. The number of hydrogen-bond donors (Lipinski definition) is 0. The van der Waals surface area contributed by atoms with E-state index in [1.807, 2.05) is 13.8 Å². The van der Waals surface area contributed by atoms with E-state index in [-0.39, 0.29) is 38.9 Å². The number of rotatable bonds is 2. The van der Waals surface area contributed by atoms with Crippen molar-refractivity contribution in [3.63, 3.8) is 0 Å². The minimum Gasteiger partial charge on any atom is -0.663 e. The predicted molar refractivity (Wildman–Crippen MR) is 110 cm³/mol. The van der Waals surface area contributed by atoms with E-state index < -0.39 is 0 Å². The van der Waals surface area contributed by atoms with Gasteiger partial charge in [0.05, 0.1) is 0 Å². The van der Waals surface area contributed by atoms with Gasteiger partial charge in [-0.1, -0.05) is 96.9 Å². The summed E-state index contributed by atoms with van der Waals surface area (Å²) in [6.45, 7) is 31.5. The van der Waals surface area contributed by atoms with Crippen molar-refractivity contribution in [1.29, 1.82) is 0 Å². The van der Waals surface area contributed by atoms with E-state index in [2.05, 4.69) is 99.0 Å². The van der Waals surface area contributed by atoms with Gasteiger partial charge in [0.1, 0.15) is 0 Å². The summed E-state index contributed by atoms with van der Waals surface area (Å²) in [5, 5.41) is 13.1. The van der Waals surface area contributed by atoms with Gasteiger partial charge >= 0.3 is 16.8 Å². The van der Waals surface area contributed by atoms with Gasteiger partial charge in [-0.3, -0.25) is 0 Å². The fraction of sp³-hybridized carbons (Fsp3) is 1.00. The zero-order chi connectivity index (χ0) is 19.5. The van der Waals surface area contributed by atoms with Crippen LogP contribution in [-0.2, 0) is 16.8 Å². The zero-order valence-electron chi connectivity index (χ0n) is 19.1. The van der Waals surface area contributed by atoms with Crippen molar-refractivity contribution < 1.29 is 16.8 Å². The molecule has 0 atom stereocenters.